The summed E-state index contributed by atoms with van der Waals surface area (Å²) in [6.45, 7) is 1.94. The minimum absolute atomic E-state index is 0.135. The summed E-state index contributed by atoms with van der Waals surface area (Å²) in [6.07, 6.45) is -0.964. The van der Waals surface area contributed by atoms with Crippen LogP contribution in [0.15, 0.2) is 24.3 Å². The summed E-state index contributed by atoms with van der Waals surface area (Å²) in [5.41, 5.74) is 1.70. The van der Waals surface area contributed by atoms with Gasteiger partial charge in [0.15, 0.2) is 4.84 Å². The normalized spacial score (nSPS) is 28.3. The van der Waals surface area contributed by atoms with E-state index in [9.17, 15) is 14.4 Å². The molecule has 4 rings (SSSR count). The van der Waals surface area contributed by atoms with Gasteiger partial charge in [-0.2, -0.15) is 0 Å². The van der Waals surface area contributed by atoms with Crippen LogP contribution in [0.4, 0.5) is 16.2 Å². The number of aliphatic carboxylic acids is 1. The van der Waals surface area contributed by atoms with Crippen molar-refractivity contribution < 1.29 is 24.2 Å². The van der Waals surface area contributed by atoms with Gasteiger partial charge < -0.3 is 20.1 Å². The lowest BCUT2D eigenvalue weighted by Crippen LogP contribution is -2.37. The van der Waals surface area contributed by atoms with E-state index in [1.807, 2.05) is 24.3 Å². The number of nitrogens with zero attached hydrogens (tertiary/aromatic N) is 2. The molecule has 3 aliphatic rings. The molecule has 28 heavy (non-hydrogen) atoms. The molecule has 150 valence electrons. The number of benzene rings is 1. The zero-order chi connectivity index (χ0) is 20.0. The third-order valence-corrected chi connectivity index (χ3v) is 5.98. The molecule has 0 bridgehead atoms. The molecular formula is C18H19Cl2N3O5. The smallest absolute Gasteiger partial charge is 0.414 e. The highest BCUT2D eigenvalue weighted by molar-refractivity contribution is 6.53. The van der Waals surface area contributed by atoms with Crippen molar-refractivity contribution in [3.63, 3.8) is 0 Å². The second-order valence-electron chi connectivity index (χ2n) is 7.28. The number of fused-ring (bicyclic) bond motifs is 1. The Hall–Kier alpha value is -2.19. The molecule has 2 saturated heterocycles. The Morgan fingerprint density at radius 2 is 1.75 bits per heavy atom. The number of amides is 2. The van der Waals surface area contributed by atoms with E-state index in [2.05, 4.69) is 10.2 Å². The van der Waals surface area contributed by atoms with E-state index in [1.165, 1.54) is 4.90 Å². The second-order valence-corrected chi connectivity index (χ2v) is 8.37. The van der Waals surface area contributed by atoms with Gasteiger partial charge in [-0.05, 0) is 36.1 Å². The van der Waals surface area contributed by atoms with Gasteiger partial charge in [0.1, 0.15) is 6.10 Å². The number of hydrogen-bond donors (Lipinski definition) is 2. The van der Waals surface area contributed by atoms with E-state index in [0.29, 0.717) is 12.2 Å². The van der Waals surface area contributed by atoms with Crippen LogP contribution in [-0.4, -0.2) is 60.2 Å². The Kier molecular flexibility index (Phi) is 5.01. The highest BCUT2D eigenvalue weighted by atomic mass is 35.5. The molecule has 3 fully saturated rings. The number of carboxylic acid groups (broad SMARTS) is 1. The Labute approximate surface area is 171 Å². The average molecular weight is 428 g/mol. The number of halogens is 2. The Bertz CT molecular complexity index is 791. The van der Waals surface area contributed by atoms with Crippen molar-refractivity contribution >= 4 is 52.5 Å². The van der Waals surface area contributed by atoms with Crippen molar-refractivity contribution in [1.29, 1.82) is 0 Å². The SMILES string of the molecule is O=C(NC[C@H]1CN(c2ccc(N3C[C@@H]4C(C(=O)O)[C@@H]4C3)cc2)C(=O)O1)C(Cl)Cl. The van der Waals surface area contributed by atoms with Crippen LogP contribution in [0.2, 0.25) is 0 Å². The maximum absolute atomic E-state index is 12.1. The van der Waals surface area contributed by atoms with E-state index in [-0.39, 0.29) is 24.3 Å². The maximum Gasteiger partial charge on any atom is 0.414 e. The van der Waals surface area contributed by atoms with Crippen molar-refractivity contribution in [2.45, 2.75) is 10.9 Å². The first kappa shape index (κ1) is 19.1. The third-order valence-electron chi connectivity index (χ3n) is 5.58. The first-order valence-corrected chi connectivity index (χ1v) is 9.84. The topological polar surface area (TPSA) is 99.2 Å². The predicted octanol–water partition coefficient (Wildman–Crippen LogP) is 1.70. The summed E-state index contributed by atoms with van der Waals surface area (Å²) in [5.74, 6) is -0.948. The lowest BCUT2D eigenvalue weighted by atomic mass is 10.2. The number of cyclic esters (lactones) is 1. The number of hydrogen-bond acceptors (Lipinski definition) is 5. The minimum atomic E-state index is -1.16. The number of nitrogens with one attached hydrogen (secondary N) is 1. The van der Waals surface area contributed by atoms with Crippen LogP contribution in [0.25, 0.3) is 0 Å². The summed E-state index contributed by atoms with van der Waals surface area (Å²) in [7, 11) is 0. The van der Waals surface area contributed by atoms with Gasteiger partial charge in [0.2, 0.25) is 0 Å². The van der Waals surface area contributed by atoms with E-state index < -0.39 is 28.9 Å². The number of rotatable bonds is 6. The van der Waals surface area contributed by atoms with Gasteiger partial charge in [0.25, 0.3) is 5.91 Å². The molecule has 1 aromatic rings. The zero-order valence-electron chi connectivity index (χ0n) is 14.8. The molecule has 8 nitrogen and oxygen atoms in total. The number of anilines is 2. The van der Waals surface area contributed by atoms with Gasteiger partial charge in [-0.25, -0.2) is 4.79 Å². The van der Waals surface area contributed by atoms with Crippen molar-refractivity contribution in [3.05, 3.63) is 24.3 Å². The van der Waals surface area contributed by atoms with Gasteiger partial charge in [-0.3, -0.25) is 14.5 Å². The van der Waals surface area contributed by atoms with Gasteiger partial charge in [-0.1, -0.05) is 23.2 Å². The fourth-order valence-electron chi connectivity index (χ4n) is 4.08. The van der Waals surface area contributed by atoms with E-state index in [4.69, 9.17) is 33.0 Å². The fraction of sp³-hybridized carbons (Fsp3) is 0.500. The molecule has 0 aromatic heterocycles. The highest BCUT2D eigenvalue weighted by Gasteiger charge is 2.59. The van der Waals surface area contributed by atoms with E-state index >= 15 is 0 Å². The second kappa shape index (κ2) is 7.33. The van der Waals surface area contributed by atoms with Crippen LogP contribution >= 0.6 is 23.2 Å². The molecule has 0 radical (unpaired) electrons. The summed E-state index contributed by atoms with van der Waals surface area (Å²) in [4.78, 5) is 37.1. The zero-order valence-corrected chi connectivity index (χ0v) is 16.3. The summed E-state index contributed by atoms with van der Waals surface area (Å²) < 4.78 is 5.26. The molecular weight excluding hydrogens is 409 g/mol. The number of carbonyl (C=O) groups is 3. The summed E-state index contributed by atoms with van der Waals surface area (Å²) >= 11 is 10.9. The number of carboxylic acids is 1. The van der Waals surface area contributed by atoms with Crippen molar-refractivity contribution in [2.75, 3.05) is 36.0 Å². The van der Waals surface area contributed by atoms with Gasteiger partial charge in [0, 0.05) is 24.5 Å². The summed E-state index contributed by atoms with van der Waals surface area (Å²) in [5, 5.41) is 11.6. The molecule has 2 N–H and O–H groups in total. The number of ether oxygens (including phenoxy) is 1. The molecule has 10 heteroatoms. The van der Waals surface area contributed by atoms with Crippen molar-refractivity contribution in [3.8, 4) is 0 Å². The molecule has 1 aromatic carbocycles. The van der Waals surface area contributed by atoms with Crippen LogP contribution in [0.5, 0.6) is 0 Å². The molecule has 1 aliphatic carbocycles. The highest BCUT2D eigenvalue weighted by Crippen LogP contribution is 2.52. The van der Waals surface area contributed by atoms with Gasteiger partial charge >= 0.3 is 12.1 Å². The Morgan fingerprint density at radius 1 is 1.14 bits per heavy atom. The van der Waals surface area contributed by atoms with Crippen LogP contribution in [0.3, 0.4) is 0 Å². The standard InChI is InChI=1S/C18H19Cl2N3O5/c19-15(20)16(24)21-5-11-6-23(18(27)28-11)10-3-1-9(2-4-10)22-7-12-13(8-22)14(12)17(25)26/h1-4,11-15H,5-8H2,(H,21,24)(H,25,26)/t11-,12-,13+,14?/m0/s1. The Morgan fingerprint density at radius 3 is 2.32 bits per heavy atom. The van der Waals surface area contributed by atoms with Crippen LogP contribution in [0, 0.1) is 17.8 Å². The minimum Gasteiger partial charge on any atom is -0.481 e. The molecule has 4 atom stereocenters. The largest absolute Gasteiger partial charge is 0.481 e. The van der Waals surface area contributed by atoms with Gasteiger partial charge in [-0.15, -0.1) is 0 Å². The van der Waals surface area contributed by atoms with Gasteiger partial charge in [0.05, 0.1) is 19.0 Å². The number of carbonyl (C=O) groups excluding carboxylic acids is 2. The average Bonchev–Trinajstić information content (AvgIpc) is 2.99. The molecule has 1 unspecified atom stereocenters. The van der Waals surface area contributed by atoms with Crippen LogP contribution in [0.1, 0.15) is 0 Å². The monoisotopic (exact) mass is 427 g/mol. The molecule has 2 aliphatic heterocycles. The summed E-state index contributed by atoms with van der Waals surface area (Å²) in [6, 6.07) is 7.52. The molecule has 1 saturated carbocycles. The van der Waals surface area contributed by atoms with E-state index in [0.717, 1.165) is 18.8 Å². The first-order chi connectivity index (χ1) is 13.3. The Balaban J connectivity index is 1.32. The van der Waals surface area contributed by atoms with Crippen molar-refractivity contribution in [2.24, 2.45) is 17.8 Å². The van der Waals surface area contributed by atoms with Crippen LogP contribution < -0.4 is 15.1 Å². The molecule has 0 spiro atoms. The predicted molar refractivity (Wildman–Crippen MR) is 103 cm³/mol. The first-order valence-electron chi connectivity index (χ1n) is 8.97. The molecule has 2 heterocycles. The van der Waals surface area contributed by atoms with E-state index in [1.54, 1.807) is 0 Å². The van der Waals surface area contributed by atoms with Crippen LogP contribution in [-0.2, 0) is 14.3 Å². The lowest BCUT2D eigenvalue weighted by molar-refractivity contribution is -0.139. The maximum atomic E-state index is 12.1. The molecule has 2 amide bonds. The number of alkyl halides is 2. The third kappa shape index (κ3) is 3.58. The quantitative estimate of drug-likeness (QED) is 0.670. The number of piperidine rings is 1. The fourth-order valence-corrected chi connectivity index (χ4v) is 4.23. The van der Waals surface area contributed by atoms with Crippen molar-refractivity contribution in [1.82, 2.24) is 5.32 Å². The lowest BCUT2D eigenvalue weighted by Gasteiger charge is -2.22.